The third-order valence-electron chi connectivity index (χ3n) is 6.17. The van der Waals surface area contributed by atoms with E-state index in [0.29, 0.717) is 43.5 Å². The van der Waals surface area contributed by atoms with E-state index in [-0.39, 0.29) is 54.8 Å². The number of amides is 2. The van der Waals surface area contributed by atoms with Crippen LogP contribution in [0.4, 0.5) is 4.39 Å². The summed E-state index contributed by atoms with van der Waals surface area (Å²) in [7, 11) is 0. The van der Waals surface area contributed by atoms with Gasteiger partial charge in [0.25, 0.3) is 17.4 Å². The van der Waals surface area contributed by atoms with Gasteiger partial charge in [0.2, 0.25) is 0 Å². The third-order valence-corrected chi connectivity index (χ3v) is 6.46. The number of aromatic hydroxyl groups is 1. The molecule has 0 spiro atoms. The molecule has 8 nitrogen and oxygen atoms in total. The van der Waals surface area contributed by atoms with Crippen LogP contribution in [0, 0.1) is 5.82 Å². The average Bonchev–Trinajstić information content (AvgIpc) is 2.78. The predicted octanol–water partition coefficient (Wildman–Crippen LogP) is 2.16. The lowest BCUT2D eigenvalue weighted by molar-refractivity contribution is 0.0702. The van der Waals surface area contributed by atoms with E-state index in [1.165, 1.54) is 27.7 Å². The van der Waals surface area contributed by atoms with Crippen LogP contribution in [0.2, 0.25) is 5.02 Å². The maximum Gasteiger partial charge on any atom is 0.294 e. The topological polar surface area (TPSA) is 103 Å². The molecular formula is C23H25ClFN3O5. The van der Waals surface area contributed by atoms with E-state index in [1.807, 2.05) is 0 Å². The third kappa shape index (κ3) is 4.35. The molecule has 1 aromatic heterocycles. The van der Waals surface area contributed by atoms with Crippen molar-refractivity contribution < 1.29 is 24.2 Å². The van der Waals surface area contributed by atoms with E-state index < -0.39 is 23.0 Å². The van der Waals surface area contributed by atoms with Crippen molar-refractivity contribution in [2.24, 2.45) is 0 Å². The molecule has 176 valence electrons. The molecule has 2 amide bonds. The van der Waals surface area contributed by atoms with Gasteiger partial charge in [-0.05, 0) is 43.4 Å². The zero-order valence-corrected chi connectivity index (χ0v) is 18.8. The highest BCUT2D eigenvalue weighted by Gasteiger charge is 2.36. The van der Waals surface area contributed by atoms with Crippen LogP contribution in [0.3, 0.4) is 0 Å². The van der Waals surface area contributed by atoms with E-state index in [2.05, 4.69) is 0 Å². The minimum atomic E-state index is -0.763. The van der Waals surface area contributed by atoms with Crippen molar-refractivity contribution in [3.63, 3.8) is 0 Å². The molecule has 0 atom stereocenters. The van der Waals surface area contributed by atoms with Gasteiger partial charge < -0.3 is 24.6 Å². The summed E-state index contributed by atoms with van der Waals surface area (Å²) in [5.74, 6) is -2.16. The number of aliphatic hydroxyl groups is 1. The Morgan fingerprint density at radius 3 is 2.52 bits per heavy atom. The number of hydrogen-bond donors (Lipinski definition) is 2. The van der Waals surface area contributed by atoms with Crippen molar-refractivity contribution >= 4 is 23.4 Å². The molecule has 0 bridgehead atoms. The first-order valence-corrected chi connectivity index (χ1v) is 11.3. The first kappa shape index (κ1) is 23.3. The highest BCUT2D eigenvalue weighted by molar-refractivity contribution is 6.30. The highest BCUT2D eigenvalue weighted by Crippen LogP contribution is 2.30. The number of benzene rings is 1. The van der Waals surface area contributed by atoms with Crippen LogP contribution in [-0.4, -0.2) is 62.6 Å². The molecule has 2 aliphatic heterocycles. The summed E-state index contributed by atoms with van der Waals surface area (Å²) in [5, 5.41) is 19.8. The zero-order chi connectivity index (χ0) is 23.7. The number of rotatable bonds is 5. The summed E-state index contributed by atoms with van der Waals surface area (Å²) in [4.78, 5) is 42.7. The first-order valence-electron chi connectivity index (χ1n) is 11.0. The number of halogens is 2. The molecular weight excluding hydrogens is 453 g/mol. The van der Waals surface area contributed by atoms with Crippen molar-refractivity contribution in [3.05, 3.63) is 61.8 Å². The van der Waals surface area contributed by atoms with Crippen molar-refractivity contribution in [2.45, 2.75) is 38.8 Å². The Hall–Kier alpha value is -2.91. The molecule has 1 aromatic carbocycles. The van der Waals surface area contributed by atoms with Crippen LogP contribution < -0.4 is 5.56 Å². The van der Waals surface area contributed by atoms with Gasteiger partial charge in [-0.15, -0.1) is 0 Å². The van der Waals surface area contributed by atoms with E-state index in [1.54, 1.807) is 4.90 Å². The standard InChI is InChI=1S/C23H25ClFN3O5/c24-16-12-14(4-5-17(16)25)13-27-10-6-15-18(21(27)31)20(30)23(33)28-9-2-1-7-26(8-3-11-29)22(32)19(15)28/h4-5,12,29-30H,1-3,6-11,13H2. The van der Waals surface area contributed by atoms with Gasteiger partial charge in [-0.3, -0.25) is 14.4 Å². The molecule has 0 unspecified atom stereocenters. The summed E-state index contributed by atoms with van der Waals surface area (Å²) in [6.07, 6.45) is 2.01. The van der Waals surface area contributed by atoms with Crippen LogP contribution in [0.1, 0.15) is 51.2 Å². The fourth-order valence-electron chi connectivity index (χ4n) is 4.51. The van der Waals surface area contributed by atoms with Gasteiger partial charge in [0.05, 0.1) is 10.6 Å². The van der Waals surface area contributed by atoms with Crippen molar-refractivity contribution in [3.8, 4) is 5.75 Å². The van der Waals surface area contributed by atoms with Gasteiger partial charge in [-0.1, -0.05) is 17.7 Å². The fourth-order valence-corrected chi connectivity index (χ4v) is 4.71. The summed E-state index contributed by atoms with van der Waals surface area (Å²) in [6.45, 7) is 1.42. The molecule has 2 aliphatic rings. The Labute approximate surface area is 194 Å². The molecule has 0 aliphatic carbocycles. The van der Waals surface area contributed by atoms with Crippen LogP contribution >= 0.6 is 11.6 Å². The van der Waals surface area contributed by atoms with Gasteiger partial charge >= 0.3 is 0 Å². The number of hydrogen-bond acceptors (Lipinski definition) is 5. The van der Waals surface area contributed by atoms with Gasteiger partial charge in [-0.2, -0.15) is 0 Å². The van der Waals surface area contributed by atoms with Crippen molar-refractivity contribution in [1.29, 1.82) is 0 Å². The second kappa shape index (κ2) is 9.52. The number of carbonyl (C=O) groups is 2. The van der Waals surface area contributed by atoms with E-state index in [4.69, 9.17) is 11.6 Å². The molecule has 3 heterocycles. The fraction of sp³-hybridized carbons (Fsp3) is 0.435. The molecule has 0 radical (unpaired) electrons. The number of aliphatic hydroxyl groups excluding tert-OH is 1. The van der Waals surface area contributed by atoms with E-state index >= 15 is 0 Å². The molecule has 2 aromatic rings. The SMILES string of the molecule is O=C1c2c(c3n(c(=O)c2O)CCCCN(CCCO)C3=O)CCN1Cc1ccc(F)c(Cl)c1. The van der Waals surface area contributed by atoms with Crippen molar-refractivity contribution in [2.75, 3.05) is 26.2 Å². The smallest absolute Gasteiger partial charge is 0.294 e. The zero-order valence-electron chi connectivity index (χ0n) is 18.0. The molecule has 4 rings (SSSR count). The molecule has 10 heteroatoms. The van der Waals surface area contributed by atoms with Gasteiger partial charge in [0.1, 0.15) is 11.5 Å². The normalized spacial score (nSPS) is 16.3. The number of pyridine rings is 1. The summed E-state index contributed by atoms with van der Waals surface area (Å²) in [5.41, 5.74) is 0.199. The van der Waals surface area contributed by atoms with E-state index in [0.717, 1.165) is 0 Å². The van der Waals surface area contributed by atoms with Gasteiger partial charge in [-0.25, -0.2) is 4.39 Å². The second-order valence-electron chi connectivity index (χ2n) is 8.31. The van der Waals surface area contributed by atoms with E-state index in [9.17, 15) is 29.0 Å². The molecule has 0 fully saturated rings. The second-order valence-corrected chi connectivity index (χ2v) is 8.72. The Kier molecular flexibility index (Phi) is 6.71. The molecule has 0 saturated carbocycles. The largest absolute Gasteiger partial charge is 0.502 e. The number of carbonyl (C=O) groups excluding carboxylic acids is 2. The average molecular weight is 478 g/mol. The Morgan fingerprint density at radius 1 is 1.03 bits per heavy atom. The number of aromatic nitrogens is 1. The number of nitrogens with zero attached hydrogens (tertiary/aromatic N) is 3. The quantitative estimate of drug-likeness (QED) is 0.687. The lowest BCUT2D eigenvalue weighted by atomic mass is 9.94. The maximum absolute atomic E-state index is 13.5. The highest BCUT2D eigenvalue weighted by atomic mass is 35.5. The van der Waals surface area contributed by atoms with Gasteiger partial charge in [0, 0.05) is 44.9 Å². The van der Waals surface area contributed by atoms with Crippen LogP contribution in [0.15, 0.2) is 23.0 Å². The monoisotopic (exact) mass is 477 g/mol. The number of fused-ring (bicyclic) bond motifs is 3. The maximum atomic E-state index is 13.5. The summed E-state index contributed by atoms with van der Waals surface area (Å²) >= 11 is 5.85. The summed E-state index contributed by atoms with van der Waals surface area (Å²) in [6, 6.07) is 4.16. The van der Waals surface area contributed by atoms with Gasteiger partial charge in [0.15, 0.2) is 5.75 Å². The first-order chi connectivity index (χ1) is 15.8. The molecule has 33 heavy (non-hydrogen) atoms. The lowest BCUT2D eigenvalue weighted by Gasteiger charge is -2.33. The molecule has 0 saturated heterocycles. The van der Waals surface area contributed by atoms with Crippen LogP contribution in [-0.2, 0) is 19.5 Å². The minimum absolute atomic E-state index is 0.0617. The Morgan fingerprint density at radius 2 is 1.79 bits per heavy atom. The Balaban J connectivity index is 1.75. The van der Waals surface area contributed by atoms with Crippen LogP contribution in [0.5, 0.6) is 5.75 Å². The molecule has 2 N–H and O–H groups in total. The predicted molar refractivity (Wildman–Crippen MR) is 119 cm³/mol. The minimum Gasteiger partial charge on any atom is -0.502 e. The lowest BCUT2D eigenvalue weighted by Crippen LogP contribution is -2.45. The summed E-state index contributed by atoms with van der Waals surface area (Å²) < 4.78 is 14.8. The van der Waals surface area contributed by atoms with Crippen LogP contribution in [0.25, 0.3) is 0 Å². The Bertz CT molecular complexity index is 1170. The van der Waals surface area contributed by atoms with Crippen molar-refractivity contribution in [1.82, 2.24) is 14.4 Å².